The zero-order chi connectivity index (χ0) is 10.2. The van der Waals surface area contributed by atoms with Gasteiger partial charge in [0.1, 0.15) is 0 Å². The highest BCUT2D eigenvalue weighted by molar-refractivity contribution is 7.86. The van der Waals surface area contributed by atoms with E-state index in [-0.39, 0.29) is 0 Å². The number of hydrogen-bond donors (Lipinski definition) is 1. The molecule has 0 saturated carbocycles. The maximum Gasteiger partial charge on any atom is 0.298 e. The Morgan fingerprint density at radius 2 is 2.00 bits per heavy atom. The summed E-state index contributed by atoms with van der Waals surface area (Å²) in [6.45, 7) is 0.311. The van der Waals surface area contributed by atoms with Crippen LogP contribution in [0.1, 0.15) is 11.1 Å². The first-order valence-corrected chi connectivity index (χ1v) is 5.63. The van der Waals surface area contributed by atoms with Gasteiger partial charge in [0.2, 0.25) is 0 Å². The van der Waals surface area contributed by atoms with Gasteiger partial charge in [0.25, 0.3) is 10.2 Å². The smallest absolute Gasteiger partial charge is 0.261 e. The number of fused-ring (bicyclic) bond motifs is 1. The summed E-state index contributed by atoms with van der Waals surface area (Å²) in [6.07, 6.45) is 3.22. The van der Waals surface area contributed by atoms with Crippen molar-refractivity contribution in [3.63, 3.8) is 0 Å². The van der Waals surface area contributed by atoms with Gasteiger partial charge >= 0.3 is 0 Å². The lowest BCUT2D eigenvalue weighted by atomic mass is 10.1. The van der Waals surface area contributed by atoms with E-state index in [2.05, 4.69) is 0 Å². The van der Waals surface area contributed by atoms with Gasteiger partial charge in [-0.1, -0.05) is 24.3 Å². The van der Waals surface area contributed by atoms with E-state index in [0.29, 0.717) is 6.54 Å². The van der Waals surface area contributed by atoms with Crippen molar-refractivity contribution in [3.05, 3.63) is 41.6 Å². The lowest BCUT2D eigenvalue weighted by molar-refractivity contribution is 0.495. The van der Waals surface area contributed by atoms with E-state index in [0.717, 1.165) is 15.4 Å². The van der Waals surface area contributed by atoms with E-state index in [1.54, 1.807) is 6.08 Å². The fourth-order valence-electron chi connectivity index (χ4n) is 1.40. The SMILES string of the molecule is NS(=O)(=O)N1C=Cc2ccccc2C1. The molecule has 0 fully saturated rings. The number of benzene rings is 1. The van der Waals surface area contributed by atoms with Crippen molar-refractivity contribution in [2.24, 2.45) is 5.14 Å². The van der Waals surface area contributed by atoms with Crippen molar-refractivity contribution in [2.45, 2.75) is 6.54 Å². The van der Waals surface area contributed by atoms with Crippen LogP contribution in [-0.2, 0) is 16.8 Å². The van der Waals surface area contributed by atoms with Gasteiger partial charge in [-0.2, -0.15) is 8.42 Å². The fourth-order valence-corrected chi connectivity index (χ4v) is 1.95. The number of rotatable bonds is 1. The van der Waals surface area contributed by atoms with Crippen molar-refractivity contribution in [3.8, 4) is 0 Å². The van der Waals surface area contributed by atoms with Crippen LogP contribution < -0.4 is 5.14 Å². The first kappa shape index (κ1) is 9.23. The van der Waals surface area contributed by atoms with Crippen LogP contribution in [0.5, 0.6) is 0 Å². The Morgan fingerprint density at radius 1 is 1.29 bits per heavy atom. The van der Waals surface area contributed by atoms with Gasteiger partial charge in [-0.05, 0) is 17.2 Å². The van der Waals surface area contributed by atoms with E-state index in [4.69, 9.17) is 5.14 Å². The number of nitrogens with zero attached hydrogens (tertiary/aromatic N) is 1. The molecule has 0 unspecified atom stereocenters. The molecule has 1 aromatic carbocycles. The largest absolute Gasteiger partial charge is 0.298 e. The van der Waals surface area contributed by atoms with Gasteiger partial charge in [0, 0.05) is 6.20 Å². The average molecular weight is 210 g/mol. The normalized spacial score (nSPS) is 15.4. The molecule has 74 valence electrons. The highest BCUT2D eigenvalue weighted by atomic mass is 32.2. The fraction of sp³-hybridized carbons (Fsp3) is 0.111. The first-order valence-electron chi connectivity index (χ1n) is 4.13. The third kappa shape index (κ3) is 1.64. The Kier molecular flexibility index (Phi) is 2.05. The molecule has 1 aliphatic rings. The summed E-state index contributed by atoms with van der Waals surface area (Å²) < 4.78 is 23.2. The van der Waals surface area contributed by atoms with Crippen LogP contribution in [0.2, 0.25) is 0 Å². The van der Waals surface area contributed by atoms with Crippen molar-refractivity contribution in [1.82, 2.24) is 4.31 Å². The topological polar surface area (TPSA) is 63.4 Å². The second-order valence-electron chi connectivity index (χ2n) is 3.10. The highest BCUT2D eigenvalue weighted by Crippen LogP contribution is 2.19. The molecule has 5 heteroatoms. The lowest BCUT2D eigenvalue weighted by Gasteiger charge is -2.22. The van der Waals surface area contributed by atoms with Crippen molar-refractivity contribution < 1.29 is 8.42 Å². The molecular formula is C9H10N2O2S. The monoisotopic (exact) mass is 210 g/mol. The van der Waals surface area contributed by atoms with Crippen molar-refractivity contribution >= 4 is 16.3 Å². The van der Waals surface area contributed by atoms with Crippen LogP contribution in [0.3, 0.4) is 0 Å². The third-order valence-corrected chi connectivity index (χ3v) is 3.03. The van der Waals surface area contributed by atoms with E-state index >= 15 is 0 Å². The van der Waals surface area contributed by atoms with Crippen LogP contribution in [0.4, 0.5) is 0 Å². The van der Waals surface area contributed by atoms with Crippen molar-refractivity contribution in [1.29, 1.82) is 0 Å². The minimum Gasteiger partial charge on any atom is -0.261 e. The molecule has 0 atom stereocenters. The molecule has 0 bridgehead atoms. The first-order chi connectivity index (χ1) is 6.57. The number of hydrogen-bond acceptors (Lipinski definition) is 2. The molecule has 0 saturated heterocycles. The maximum absolute atomic E-state index is 11.0. The van der Waals surface area contributed by atoms with Gasteiger partial charge in [0.05, 0.1) is 6.54 Å². The van der Waals surface area contributed by atoms with E-state index in [9.17, 15) is 8.42 Å². The Bertz CT molecular complexity index is 479. The lowest BCUT2D eigenvalue weighted by Crippen LogP contribution is -2.33. The molecular weight excluding hydrogens is 200 g/mol. The summed E-state index contributed by atoms with van der Waals surface area (Å²) >= 11 is 0. The summed E-state index contributed by atoms with van der Waals surface area (Å²) in [4.78, 5) is 0. The van der Waals surface area contributed by atoms with Crippen LogP contribution in [-0.4, -0.2) is 12.7 Å². The molecule has 2 rings (SSSR count). The zero-order valence-corrected chi connectivity index (χ0v) is 8.24. The van der Waals surface area contributed by atoms with Crippen molar-refractivity contribution in [2.75, 3.05) is 0 Å². The molecule has 0 amide bonds. The van der Waals surface area contributed by atoms with E-state index in [1.165, 1.54) is 6.20 Å². The summed E-state index contributed by atoms with van der Waals surface area (Å²) in [5.41, 5.74) is 2.00. The summed E-state index contributed by atoms with van der Waals surface area (Å²) in [6, 6.07) is 7.61. The quantitative estimate of drug-likeness (QED) is 0.740. The predicted octanol–water partition coefficient (Wildman–Crippen LogP) is 0.676. The molecule has 1 aliphatic heterocycles. The minimum absolute atomic E-state index is 0.311. The molecule has 1 aromatic rings. The molecule has 0 aliphatic carbocycles. The molecule has 0 spiro atoms. The van der Waals surface area contributed by atoms with Gasteiger partial charge < -0.3 is 0 Å². The maximum atomic E-state index is 11.0. The second kappa shape index (κ2) is 3.11. The van der Waals surface area contributed by atoms with Crippen LogP contribution in [0.25, 0.3) is 6.08 Å². The molecule has 1 heterocycles. The van der Waals surface area contributed by atoms with Crippen LogP contribution in [0, 0.1) is 0 Å². The summed E-state index contributed by atoms with van der Waals surface area (Å²) in [5.74, 6) is 0. The standard InChI is InChI=1S/C9H10N2O2S/c10-14(12,13)11-6-5-8-3-1-2-4-9(8)7-11/h1-6H,7H2,(H2,10,12,13). The minimum atomic E-state index is -3.62. The zero-order valence-electron chi connectivity index (χ0n) is 7.42. The Morgan fingerprint density at radius 3 is 2.71 bits per heavy atom. The highest BCUT2D eigenvalue weighted by Gasteiger charge is 2.17. The van der Waals surface area contributed by atoms with E-state index < -0.39 is 10.2 Å². The summed E-state index contributed by atoms with van der Waals surface area (Å²) in [5, 5.41) is 5.01. The van der Waals surface area contributed by atoms with Crippen LogP contribution >= 0.6 is 0 Å². The molecule has 14 heavy (non-hydrogen) atoms. The van der Waals surface area contributed by atoms with Crippen LogP contribution in [0.15, 0.2) is 30.5 Å². The molecule has 4 nitrogen and oxygen atoms in total. The van der Waals surface area contributed by atoms with Gasteiger partial charge in [-0.25, -0.2) is 5.14 Å². The van der Waals surface area contributed by atoms with Gasteiger partial charge in [0.15, 0.2) is 0 Å². The predicted molar refractivity (Wildman–Crippen MR) is 54.1 cm³/mol. The average Bonchev–Trinajstić information content (AvgIpc) is 2.16. The Labute approximate surface area is 82.8 Å². The number of nitrogens with two attached hydrogens (primary N) is 1. The Hall–Kier alpha value is -1.33. The van der Waals surface area contributed by atoms with E-state index in [1.807, 2.05) is 24.3 Å². The summed E-state index contributed by atoms with van der Waals surface area (Å²) in [7, 11) is -3.62. The molecule has 2 N–H and O–H groups in total. The second-order valence-corrected chi connectivity index (χ2v) is 4.60. The molecule has 0 aromatic heterocycles. The third-order valence-electron chi connectivity index (χ3n) is 2.13. The van der Waals surface area contributed by atoms with Gasteiger partial charge in [-0.15, -0.1) is 0 Å². The van der Waals surface area contributed by atoms with Gasteiger partial charge in [-0.3, -0.25) is 4.31 Å². The molecule has 0 radical (unpaired) electrons. The Balaban J connectivity index is 2.40.